The van der Waals surface area contributed by atoms with Crippen LogP contribution in [0.1, 0.15) is 79.6 Å². The zero-order chi connectivity index (χ0) is 23.6. The topological polar surface area (TPSA) is 89.5 Å². The average Bonchev–Trinajstić information content (AvgIpc) is 3.44. The maximum absolute atomic E-state index is 11.8. The van der Waals surface area contributed by atoms with Gasteiger partial charge in [-0.1, -0.05) is 25.5 Å². The molecule has 1 heterocycles. The summed E-state index contributed by atoms with van der Waals surface area (Å²) >= 11 is 0. The van der Waals surface area contributed by atoms with E-state index in [1.165, 1.54) is 18.9 Å². The highest BCUT2D eigenvalue weighted by atomic mass is 16.6. The minimum absolute atomic E-state index is 0.0272. The SMILES string of the molecule is CCOC(=O)N/N=C(/C)[C@@]12O[C@@H]1C[C@H]1[C@@H]3CC=C4C[C@@H](OC(C)=O)CC[C@]4(C)[C@H]3CC[C@@]12C. The Morgan fingerprint density at radius 3 is 2.73 bits per heavy atom. The van der Waals surface area contributed by atoms with Crippen LogP contribution in [0.2, 0.25) is 0 Å². The third-order valence-electron chi connectivity index (χ3n) is 9.95. The smallest absolute Gasteiger partial charge is 0.427 e. The third-order valence-corrected chi connectivity index (χ3v) is 9.95. The fourth-order valence-electron chi connectivity index (χ4n) is 8.42. The summed E-state index contributed by atoms with van der Waals surface area (Å²) in [5.41, 5.74) is 4.79. The molecule has 0 unspecified atom stereocenters. The lowest BCUT2D eigenvalue weighted by Gasteiger charge is -2.58. The first-order valence-electron chi connectivity index (χ1n) is 12.7. The van der Waals surface area contributed by atoms with Gasteiger partial charge in [-0.25, -0.2) is 10.2 Å². The fourth-order valence-corrected chi connectivity index (χ4v) is 8.42. The van der Waals surface area contributed by atoms with Crippen molar-refractivity contribution in [2.24, 2.45) is 33.7 Å². The molecule has 5 rings (SSSR count). The lowest BCUT2D eigenvalue weighted by atomic mass is 9.47. The molecule has 3 saturated carbocycles. The first-order chi connectivity index (χ1) is 15.7. The van der Waals surface area contributed by atoms with Gasteiger partial charge in [-0.3, -0.25) is 4.79 Å². The second-order valence-corrected chi connectivity index (χ2v) is 11.3. The Morgan fingerprint density at radius 2 is 2.00 bits per heavy atom. The summed E-state index contributed by atoms with van der Waals surface area (Å²) in [6.07, 6.45) is 9.59. The van der Waals surface area contributed by atoms with Crippen LogP contribution >= 0.6 is 0 Å². The van der Waals surface area contributed by atoms with Gasteiger partial charge in [0, 0.05) is 18.8 Å². The number of hydrogen-bond donors (Lipinski definition) is 1. The molecular formula is C26H38N2O5. The molecule has 1 N–H and O–H groups in total. The molecule has 5 aliphatic rings. The minimum atomic E-state index is -0.518. The van der Waals surface area contributed by atoms with E-state index in [1.807, 2.05) is 6.92 Å². The van der Waals surface area contributed by atoms with E-state index >= 15 is 0 Å². The predicted molar refractivity (Wildman–Crippen MR) is 124 cm³/mol. The van der Waals surface area contributed by atoms with Crippen molar-refractivity contribution in [3.63, 3.8) is 0 Å². The number of allylic oxidation sites excluding steroid dienone is 1. The number of rotatable bonds is 4. The number of epoxide rings is 1. The van der Waals surface area contributed by atoms with E-state index in [1.54, 1.807) is 6.92 Å². The number of carbonyl (C=O) groups excluding carboxylic acids is 2. The summed E-state index contributed by atoms with van der Waals surface area (Å²) in [7, 11) is 0. The van der Waals surface area contributed by atoms with Gasteiger partial charge in [0.15, 0.2) is 0 Å². The number of fused-ring (bicyclic) bond motifs is 7. The van der Waals surface area contributed by atoms with Crippen molar-refractivity contribution < 1.29 is 23.8 Å². The van der Waals surface area contributed by atoms with E-state index in [2.05, 4.69) is 30.5 Å². The van der Waals surface area contributed by atoms with Gasteiger partial charge in [0.05, 0.1) is 18.4 Å². The summed E-state index contributed by atoms with van der Waals surface area (Å²) in [5.74, 6) is 1.72. The molecule has 0 aromatic rings. The van der Waals surface area contributed by atoms with Crippen LogP contribution in [-0.4, -0.2) is 42.2 Å². The zero-order valence-electron chi connectivity index (χ0n) is 20.6. The van der Waals surface area contributed by atoms with E-state index in [4.69, 9.17) is 14.2 Å². The van der Waals surface area contributed by atoms with Crippen molar-refractivity contribution in [3.8, 4) is 0 Å². The van der Waals surface area contributed by atoms with Gasteiger partial charge in [0.2, 0.25) is 0 Å². The summed E-state index contributed by atoms with van der Waals surface area (Å²) in [5, 5.41) is 4.40. The van der Waals surface area contributed by atoms with E-state index in [0.717, 1.165) is 44.2 Å². The van der Waals surface area contributed by atoms with E-state index in [-0.39, 0.29) is 34.6 Å². The molecule has 0 radical (unpaired) electrons. The summed E-state index contributed by atoms with van der Waals surface area (Å²) < 4.78 is 16.9. The molecule has 1 aliphatic heterocycles. The normalized spacial score (nSPS) is 45.5. The van der Waals surface area contributed by atoms with Crippen LogP contribution in [0.4, 0.5) is 4.79 Å². The number of carbonyl (C=O) groups is 2. The molecule has 1 saturated heterocycles. The molecule has 7 nitrogen and oxygen atoms in total. The van der Waals surface area contributed by atoms with Gasteiger partial charge >= 0.3 is 12.1 Å². The summed E-state index contributed by atoms with van der Waals surface area (Å²) in [6.45, 7) is 10.5. The summed E-state index contributed by atoms with van der Waals surface area (Å²) in [6, 6.07) is 0. The molecule has 7 heteroatoms. The quantitative estimate of drug-likeness (QED) is 0.216. The van der Waals surface area contributed by atoms with Crippen LogP contribution in [0.15, 0.2) is 16.8 Å². The van der Waals surface area contributed by atoms with Gasteiger partial charge < -0.3 is 14.2 Å². The molecule has 4 fully saturated rings. The van der Waals surface area contributed by atoms with Gasteiger partial charge in [0.25, 0.3) is 0 Å². The highest BCUT2D eigenvalue weighted by Gasteiger charge is 2.78. The summed E-state index contributed by atoms with van der Waals surface area (Å²) in [4.78, 5) is 23.3. The fraction of sp³-hybridized carbons (Fsp3) is 0.808. The van der Waals surface area contributed by atoms with Gasteiger partial charge in [-0.15, -0.1) is 0 Å². The van der Waals surface area contributed by atoms with Crippen molar-refractivity contribution >= 4 is 17.8 Å². The van der Waals surface area contributed by atoms with Crippen LogP contribution in [0.5, 0.6) is 0 Å². The molecule has 0 aromatic heterocycles. The van der Waals surface area contributed by atoms with Crippen molar-refractivity contribution in [1.82, 2.24) is 5.43 Å². The highest BCUT2D eigenvalue weighted by molar-refractivity contribution is 5.95. The van der Waals surface area contributed by atoms with Crippen LogP contribution in [0, 0.1) is 28.6 Å². The van der Waals surface area contributed by atoms with Crippen LogP contribution in [0.25, 0.3) is 0 Å². The Balaban J connectivity index is 1.36. The maximum Gasteiger partial charge on any atom is 0.427 e. The monoisotopic (exact) mass is 458 g/mol. The first kappa shape index (κ1) is 22.9. The Kier molecular flexibility index (Phi) is 5.42. The molecule has 33 heavy (non-hydrogen) atoms. The van der Waals surface area contributed by atoms with Crippen molar-refractivity contribution in [1.29, 1.82) is 0 Å². The Morgan fingerprint density at radius 1 is 1.21 bits per heavy atom. The van der Waals surface area contributed by atoms with E-state index in [0.29, 0.717) is 24.4 Å². The van der Waals surface area contributed by atoms with Gasteiger partial charge in [-0.05, 0) is 75.5 Å². The molecular weight excluding hydrogens is 420 g/mol. The van der Waals surface area contributed by atoms with E-state index < -0.39 is 6.09 Å². The maximum atomic E-state index is 11.8. The zero-order valence-corrected chi connectivity index (χ0v) is 20.6. The average molecular weight is 459 g/mol. The number of nitrogens with one attached hydrogen (secondary N) is 1. The molecule has 1 amide bonds. The number of nitrogens with zero attached hydrogens (tertiary/aromatic N) is 1. The van der Waals surface area contributed by atoms with E-state index in [9.17, 15) is 9.59 Å². The lowest BCUT2D eigenvalue weighted by molar-refractivity contribution is -0.148. The number of esters is 1. The third kappa shape index (κ3) is 3.28. The molecule has 0 aromatic carbocycles. The number of amides is 1. The Labute approximate surface area is 196 Å². The molecule has 8 atom stereocenters. The van der Waals surface area contributed by atoms with Crippen LogP contribution in [-0.2, 0) is 19.0 Å². The Bertz CT molecular complexity index is 914. The Hall–Kier alpha value is -1.89. The van der Waals surface area contributed by atoms with Gasteiger partial charge in [0.1, 0.15) is 11.7 Å². The van der Waals surface area contributed by atoms with Crippen LogP contribution in [0.3, 0.4) is 0 Å². The predicted octanol–water partition coefficient (Wildman–Crippen LogP) is 4.75. The molecule has 4 aliphatic carbocycles. The number of hydrogen-bond acceptors (Lipinski definition) is 6. The first-order valence-corrected chi connectivity index (χ1v) is 12.7. The van der Waals surface area contributed by atoms with Crippen molar-refractivity contribution in [2.75, 3.05) is 6.61 Å². The molecule has 0 spiro atoms. The standard InChI is InChI=1S/C26H38N2O5/c1-6-31-23(30)28-27-15(2)26-22(33-26)14-21-19-8-7-17-13-18(32-16(3)29)9-11-24(17,4)20(19)10-12-25(21,26)5/h7,18-22H,6,8-14H2,1-5H3,(H,28,30)/b27-15-/t18-,19+,20-,21-,22+,24-,25-,26+/m0/s1. The lowest BCUT2D eigenvalue weighted by Crippen LogP contribution is -2.54. The second-order valence-electron chi connectivity index (χ2n) is 11.3. The van der Waals surface area contributed by atoms with Crippen molar-refractivity contribution in [2.45, 2.75) is 97.4 Å². The van der Waals surface area contributed by atoms with Gasteiger partial charge in [-0.2, -0.15) is 5.10 Å². The number of ether oxygens (including phenoxy) is 3. The van der Waals surface area contributed by atoms with Crippen LogP contribution < -0.4 is 5.43 Å². The largest absolute Gasteiger partial charge is 0.462 e. The molecule has 182 valence electrons. The minimum Gasteiger partial charge on any atom is -0.462 e. The second kappa shape index (κ2) is 7.82. The van der Waals surface area contributed by atoms with Crippen molar-refractivity contribution in [3.05, 3.63) is 11.6 Å². The number of hydrazone groups is 1. The molecule has 0 bridgehead atoms. The highest BCUT2D eigenvalue weighted by Crippen LogP contribution is 2.73.